The number of anilines is 1. The first-order chi connectivity index (χ1) is 9.91. The number of amides is 1. The number of methoxy groups -OCH3 is 1. The fourth-order valence-electron chi connectivity index (χ4n) is 2.57. The van der Waals surface area contributed by atoms with E-state index in [4.69, 9.17) is 4.74 Å². The van der Waals surface area contributed by atoms with Crippen LogP contribution >= 0.6 is 0 Å². The van der Waals surface area contributed by atoms with E-state index in [1.165, 1.54) is 5.56 Å². The second kappa shape index (κ2) is 6.48. The lowest BCUT2D eigenvalue weighted by molar-refractivity contribution is -0.118. The van der Waals surface area contributed by atoms with Crippen LogP contribution in [-0.2, 0) is 10.2 Å². The number of carbonyl (C=O) groups excluding carboxylic acids is 1. The minimum Gasteiger partial charge on any atom is -0.495 e. The molecule has 1 heterocycles. The monoisotopic (exact) mass is 290 g/mol. The molecule has 21 heavy (non-hydrogen) atoms. The van der Waals surface area contributed by atoms with E-state index in [0.717, 1.165) is 31.5 Å². The summed E-state index contributed by atoms with van der Waals surface area (Å²) in [5.74, 6) is 0.728. The lowest BCUT2D eigenvalue weighted by Crippen LogP contribution is -2.43. The molecule has 1 amide bonds. The molecule has 0 aliphatic carbocycles. The highest BCUT2D eigenvalue weighted by Gasteiger charge is 2.22. The Hall–Kier alpha value is -1.55. The van der Waals surface area contributed by atoms with Gasteiger partial charge in [-0.05, 0) is 42.5 Å². The topological polar surface area (TPSA) is 50.4 Å². The summed E-state index contributed by atoms with van der Waals surface area (Å²) in [6.07, 6.45) is 3.14. The van der Waals surface area contributed by atoms with E-state index in [2.05, 4.69) is 31.4 Å². The number of ether oxygens (including phenoxy) is 1. The van der Waals surface area contributed by atoms with Crippen molar-refractivity contribution in [3.05, 3.63) is 23.8 Å². The SMILES string of the molecule is COc1ccc(C(C)(C)C)cc1NC(=O)[C@H]1CCCCN1. The zero-order valence-electron chi connectivity index (χ0n) is 13.5. The molecule has 0 aromatic heterocycles. The Labute approximate surface area is 127 Å². The van der Waals surface area contributed by atoms with Crippen LogP contribution in [0.2, 0.25) is 0 Å². The average Bonchev–Trinajstić information content (AvgIpc) is 2.47. The maximum Gasteiger partial charge on any atom is 0.241 e. The van der Waals surface area contributed by atoms with Crippen LogP contribution in [0.1, 0.15) is 45.6 Å². The third-order valence-electron chi connectivity index (χ3n) is 3.95. The minimum atomic E-state index is -0.0956. The van der Waals surface area contributed by atoms with Gasteiger partial charge in [-0.2, -0.15) is 0 Å². The molecule has 4 nitrogen and oxygen atoms in total. The zero-order chi connectivity index (χ0) is 15.5. The number of benzene rings is 1. The van der Waals surface area contributed by atoms with Crippen LogP contribution < -0.4 is 15.4 Å². The van der Waals surface area contributed by atoms with Gasteiger partial charge in [-0.15, -0.1) is 0 Å². The van der Waals surface area contributed by atoms with Crippen molar-refractivity contribution in [2.75, 3.05) is 19.0 Å². The summed E-state index contributed by atoms with van der Waals surface area (Å²) in [7, 11) is 1.63. The van der Waals surface area contributed by atoms with Crippen LogP contribution in [0.25, 0.3) is 0 Å². The van der Waals surface area contributed by atoms with Crippen molar-refractivity contribution in [3.8, 4) is 5.75 Å². The van der Waals surface area contributed by atoms with Gasteiger partial charge in [0.2, 0.25) is 5.91 Å². The minimum absolute atomic E-state index is 0.0269. The van der Waals surface area contributed by atoms with Crippen LogP contribution in [0.15, 0.2) is 18.2 Å². The molecule has 4 heteroatoms. The highest BCUT2D eigenvalue weighted by atomic mass is 16.5. The fourth-order valence-corrected chi connectivity index (χ4v) is 2.57. The maximum absolute atomic E-state index is 12.4. The van der Waals surface area contributed by atoms with Gasteiger partial charge in [-0.1, -0.05) is 33.3 Å². The van der Waals surface area contributed by atoms with Gasteiger partial charge in [0.25, 0.3) is 0 Å². The number of hydrogen-bond donors (Lipinski definition) is 2. The molecule has 0 saturated carbocycles. The molecular formula is C17H26N2O2. The standard InChI is InChI=1S/C17H26N2O2/c1-17(2,3)12-8-9-15(21-4)14(11-12)19-16(20)13-7-5-6-10-18-13/h8-9,11,13,18H,5-7,10H2,1-4H3,(H,19,20)/t13-/m1/s1. The second-order valence-corrected chi connectivity index (χ2v) is 6.66. The molecule has 1 aromatic rings. The summed E-state index contributed by atoms with van der Waals surface area (Å²) >= 11 is 0. The van der Waals surface area contributed by atoms with Crippen LogP contribution in [0.3, 0.4) is 0 Å². The Morgan fingerprint density at radius 3 is 2.67 bits per heavy atom. The van der Waals surface area contributed by atoms with Gasteiger partial charge in [-0.25, -0.2) is 0 Å². The summed E-state index contributed by atoms with van der Waals surface area (Å²) in [4.78, 5) is 12.4. The van der Waals surface area contributed by atoms with Gasteiger partial charge >= 0.3 is 0 Å². The number of piperidine rings is 1. The first-order valence-corrected chi connectivity index (χ1v) is 7.64. The summed E-state index contributed by atoms with van der Waals surface area (Å²) in [5.41, 5.74) is 1.96. The van der Waals surface area contributed by atoms with Crippen molar-refractivity contribution in [2.24, 2.45) is 0 Å². The lowest BCUT2D eigenvalue weighted by atomic mass is 9.87. The van der Waals surface area contributed by atoms with Crippen molar-refractivity contribution in [2.45, 2.75) is 51.5 Å². The van der Waals surface area contributed by atoms with Crippen LogP contribution in [0.5, 0.6) is 5.75 Å². The predicted molar refractivity (Wildman–Crippen MR) is 86.0 cm³/mol. The highest BCUT2D eigenvalue weighted by Crippen LogP contribution is 2.31. The van der Waals surface area contributed by atoms with Crippen molar-refractivity contribution < 1.29 is 9.53 Å². The molecule has 116 valence electrons. The van der Waals surface area contributed by atoms with E-state index in [1.54, 1.807) is 7.11 Å². The quantitative estimate of drug-likeness (QED) is 0.899. The molecule has 1 atom stereocenters. The molecule has 0 unspecified atom stereocenters. The highest BCUT2D eigenvalue weighted by molar-refractivity contribution is 5.96. The van der Waals surface area contributed by atoms with E-state index in [0.29, 0.717) is 5.75 Å². The molecule has 1 aromatic carbocycles. The Morgan fingerprint density at radius 1 is 1.33 bits per heavy atom. The van der Waals surface area contributed by atoms with Crippen molar-refractivity contribution in [1.82, 2.24) is 5.32 Å². The van der Waals surface area contributed by atoms with E-state index >= 15 is 0 Å². The number of nitrogens with one attached hydrogen (secondary N) is 2. The summed E-state index contributed by atoms with van der Waals surface area (Å²) in [6.45, 7) is 7.38. The van der Waals surface area contributed by atoms with Gasteiger partial charge in [0, 0.05) is 0 Å². The number of hydrogen-bond acceptors (Lipinski definition) is 3. The Balaban J connectivity index is 2.18. The molecule has 1 aliphatic heterocycles. The molecule has 1 aliphatic rings. The van der Waals surface area contributed by atoms with E-state index < -0.39 is 0 Å². The number of rotatable bonds is 3. The third-order valence-corrected chi connectivity index (χ3v) is 3.95. The molecule has 2 N–H and O–H groups in total. The summed E-state index contributed by atoms with van der Waals surface area (Å²) in [6, 6.07) is 5.89. The maximum atomic E-state index is 12.4. The van der Waals surface area contributed by atoms with Gasteiger partial charge < -0.3 is 15.4 Å². The largest absolute Gasteiger partial charge is 0.495 e. The Bertz CT molecular complexity index is 500. The number of carbonyl (C=O) groups is 1. The molecule has 0 bridgehead atoms. The zero-order valence-corrected chi connectivity index (χ0v) is 13.5. The van der Waals surface area contributed by atoms with Crippen molar-refractivity contribution >= 4 is 11.6 Å². The third kappa shape index (κ3) is 3.97. The van der Waals surface area contributed by atoms with Gasteiger partial charge in [-0.3, -0.25) is 4.79 Å². The molecular weight excluding hydrogens is 264 g/mol. The predicted octanol–water partition coefficient (Wildman–Crippen LogP) is 3.07. The second-order valence-electron chi connectivity index (χ2n) is 6.66. The Morgan fingerprint density at radius 2 is 2.10 bits per heavy atom. The van der Waals surface area contributed by atoms with Crippen LogP contribution in [-0.4, -0.2) is 25.6 Å². The van der Waals surface area contributed by atoms with Crippen LogP contribution in [0, 0.1) is 0 Å². The molecule has 0 radical (unpaired) electrons. The first kappa shape index (κ1) is 15.8. The van der Waals surface area contributed by atoms with Gasteiger partial charge in [0.15, 0.2) is 0 Å². The first-order valence-electron chi connectivity index (χ1n) is 7.64. The lowest BCUT2D eigenvalue weighted by Gasteiger charge is -2.24. The van der Waals surface area contributed by atoms with Gasteiger partial charge in [0.05, 0.1) is 18.8 Å². The smallest absolute Gasteiger partial charge is 0.241 e. The Kier molecular flexibility index (Phi) is 4.88. The molecule has 1 fully saturated rings. The average molecular weight is 290 g/mol. The molecule has 2 rings (SSSR count). The summed E-state index contributed by atoms with van der Waals surface area (Å²) < 4.78 is 5.37. The molecule has 0 spiro atoms. The summed E-state index contributed by atoms with van der Waals surface area (Å²) in [5, 5.41) is 6.29. The van der Waals surface area contributed by atoms with E-state index in [-0.39, 0.29) is 17.4 Å². The van der Waals surface area contributed by atoms with E-state index in [1.807, 2.05) is 18.2 Å². The van der Waals surface area contributed by atoms with E-state index in [9.17, 15) is 4.79 Å². The van der Waals surface area contributed by atoms with Crippen molar-refractivity contribution in [3.63, 3.8) is 0 Å². The van der Waals surface area contributed by atoms with Crippen molar-refractivity contribution in [1.29, 1.82) is 0 Å². The normalized spacial score (nSPS) is 19.1. The van der Waals surface area contributed by atoms with Crippen LogP contribution in [0.4, 0.5) is 5.69 Å². The molecule has 1 saturated heterocycles. The van der Waals surface area contributed by atoms with Gasteiger partial charge in [0.1, 0.15) is 5.75 Å². The fraction of sp³-hybridized carbons (Fsp3) is 0.588.